The molecule has 9 nitrogen and oxygen atoms in total. The third-order valence-electron chi connectivity index (χ3n) is 6.44. The lowest BCUT2D eigenvalue weighted by Gasteiger charge is -2.32. The van der Waals surface area contributed by atoms with Gasteiger partial charge in [-0.1, -0.05) is 80.6 Å². The van der Waals surface area contributed by atoms with Crippen molar-refractivity contribution >= 4 is 12.0 Å². The number of benzene rings is 2. The average molecular weight is 535 g/mol. The van der Waals surface area contributed by atoms with Crippen molar-refractivity contribution in [1.82, 2.24) is 15.6 Å². The number of hydrogen-bond donors (Lipinski definition) is 5. The average Bonchev–Trinajstić information content (AvgIpc) is 2.95. The topological polar surface area (TPSA) is 147 Å². The standard InChI is InChI=1S/C30H38N4O5/c1-20(2)26(34-30(38)39-19-23-15-9-10-16-32-23)29(37)33-25(18-22-13-7-4-8-14-22)28(36)27(35)24(31)17-21-11-5-3-6-12-21/h3-16,20,24-28,35-36H,17-19,31H2,1-2H3,(H,33,37)(H,34,38)/t24-,25-,26-,27-,28+/m0/s1. The Labute approximate surface area is 229 Å². The molecule has 0 unspecified atom stereocenters. The molecule has 0 aliphatic rings. The third kappa shape index (κ3) is 9.47. The number of alkyl carbamates (subject to hydrolysis) is 1. The van der Waals surface area contributed by atoms with E-state index in [0.29, 0.717) is 12.1 Å². The van der Waals surface area contributed by atoms with Crippen LogP contribution in [0.4, 0.5) is 4.79 Å². The van der Waals surface area contributed by atoms with Gasteiger partial charge in [-0.25, -0.2) is 4.79 Å². The molecule has 1 heterocycles. The molecule has 0 saturated heterocycles. The number of nitrogens with two attached hydrogens (primary N) is 1. The first-order chi connectivity index (χ1) is 18.7. The monoisotopic (exact) mass is 534 g/mol. The predicted molar refractivity (Wildman–Crippen MR) is 148 cm³/mol. The SMILES string of the molecule is CC(C)[C@H](NC(=O)OCc1ccccn1)C(=O)N[C@@H](Cc1ccccc1)[C@@H](O)[C@@H](O)[C@@H](N)Cc1ccccc1. The summed E-state index contributed by atoms with van der Waals surface area (Å²) in [4.78, 5) is 29.9. The molecule has 0 saturated carbocycles. The molecule has 0 spiro atoms. The van der Waals surface area contributed by atoms with Crippen LogP contribution in [0.1, 0.15) is 30.7 Å². The lowest BCUT2D eigenvalue weighted by molar-refractivity contribution is -0.126. The van der Waals surface area contributed by atoms with Crippen molar-refractivity contribution in [3.63, 3.8) is 0 Å². The minimum Gasteiger partial charge on any atom is -0.443 e. The van der Waals surface area contributed by atoms with Crippen LogP contribution >= 0.6 is 0 Å². The van der Waals surface area contributed by atoms with Gasteiger partial charge in [-0.05, 0) is 42.0 Å². The van der Waals surface area contributed by atoms with Gasteiger partial charge in [0.1, 0.15) is 18.8 Å². The minimum atomic E-state index is -1.36. The molecular formula is C30H38N4O5. The number of ether oxygens (including phenoxy) is 1. The maximum atomic E-state index is 13.4. The summed E-state index contributed by atoms with van der Waals surface area (Å²) < 4.78 is 5.23. The molecule has 0 aliphatic carbocycles. The van der Waals surface area contributed by atoms with Gasteiger partial charge in [0.2, 0.25) is 5.91 Å². The highest BCUT2D eigenvalue weighted by Crippen LogP contribution is 2.15. The number of pyridine rings is 1. The maximum absolute atomic E-state index is 13.4. The molecule has 5 atom stereocenters. The number of aliphatic hydroxyl groups excluding tert-OH is 2. The highest BCUT2D eigenvalue weighted by molar-refractivity contribution is 5.86. The lowest BCUT2D eigenvalue weighted by atomic mass is 9.91. The molecule has 0 fully saturated rings. The predicted octanol–water partition coefficient (Wildman–Crippen LogP) is 2.35. The molecule has 3 aromatic rings. The zero-order valence-electron chi connectivity index (χ0n) is 22.3. The number of amides is 2. The van der Waals surface area contributed by atoms with E-state index < -0.39 is 42.3 Å². The first-order valence-electron chi connectivity index (χ1n) is 13.1. The number of nitrogens with zero attached hydrogens (tertiary/aromatic N) is 1. The Balaban J connectivity index is 1.69. The number of carbonyl (C=O) groups is 2. The summed E-state index contributed by atoms with van der Waals surface area (Å²) in [6.07, 6.45) is -1.25. The smallest absolute Gasteiger partial charge is 0.408 e. The van der Waals surface area contributed by atoms with E-state index in [9.17, 15) is 19.8 Å². The Morgan fingerprint density at radius 2 is 1.44 bits per heavy atom. The third-order valence-corrected chi connectivity index (χ3v) is 6.44. The second kappa shape index (κ2) is 15.0. The molecule has 2 aromatic carbocycles. The zero-order valence-corrected chi connectivity index (χ0v) is 22.3. The summed E-state index contributed by atoms with van der Waals surface area (Å²) in [7, 11) is 0. The lowest BCUT2D eigenvalue weighted by Crippen LogP contribution is -2.59. The van der Waals surface area contributed by atoms with Crippen LogP contribution < -0.4 is 16.4 Å². The van der Waals surface area contributed by atoms with Crippen LogP contribution in [-0.4, -0.2) is 57.5 Å². The van der Waals surface area contributed by atoms with Crippen LogP contribution in [0.5, 0.6) is 0 Å². The van der Waals surface area contributed by atoms with E-state index in [1.165, 1.54) is 0 Å². The molecule has 39 heavy (non-hydrogen) atoms. The van der Waals surface area contributed by atoms with Crippen molar-refractivity contribution in [3.05, 3.63) is 102 Å². The Hall–Kier alpha value is -3.79. The Kier molecular flexibility index (Phi) is 11.4. The first kappa shape index (κ1) is 29.8. The van der Waals surface area contributed by atoms with E-state index in [0.717, 1.165) is 11.1 Å². The summed E-state index contributed by atoms with van der Waals surface area (Å²) >= 11 is 0. The van der Waals surface area contributed by atoms with Gasteiger partial charge in [0.25, 0.3) is 0 Å². The quantitative estimate of drug-likeness (QED) is 0.226. The second-order valence-corrected chi connectivity index (χ2v) is 9.90. The second-order valence-electron chi connectivity index (χ2n) is 9.90. The van der Waals surface area contributed by atoms with Gasteiger partial charge in [-0.15, -0.1) is 0 Å². The normalized spacial score (nSPS) is 15.0. The summed E-state index contributed by atoms with van der Waals surface area (Å²) in [5, 5.41) is 27.6. The Morgan fingerprint density at radius 1 is 0.846 bits per heavy atom. The highest BCUT2D eigenvalue weighted by Gasteiger charge is 2.34. The maximum Gasteiger partial charge on any atom is 0.408 e. The largest absolute Gasteiger partial charge is 0.443 e. The van der Waals surface area contributed by atoms with Gasteiger partial charge in [-0.3, -0.25) is 9.78 Å². The van der Waals surface area contributed by atoms with Gasteiger partial charge in [0, 0.05) is 12.2 Å². The fraction of sp³-hybridized carbons (Fsp3) is 0.367. The fourth-order valence-corrected chi connectivity index (χ4v) is 4.22. The van der Waals surface area contributed by atoms with Gasteiger partial charge in [-0.2, -0.15) is 0 Å². The van der Waals surface area contributed by atoms with E-state index in [-0.39, 0.29) is 18.9 Å². The van der Waals surface area contributed by atoms with E-state index in [1.54, 1.807) is 38.2 Å². The molecule has 3 rings (SSSR count). The summed E-state index contributed by atoms with van der Waals surface area (Å²) in [5.41, 5.74) is 8.62. The first-order valence-corrected chi connectivity index (χ1v) is 13.1. The van der Waals surface area contributed by atoms with E-state index in [2.05, 4.69) is 15.6 Å². The van der Waals surface area contributed by atoms with Gasteiger partial charge >= 0.3 is 6.09 Å². The van der Waals surface area contributed by atoms with Crippen molar-refractivity contribution in [2.75, 3.05) is 0 Å². The van der Waals surface area contributed by atoms with E-state index in [1.807, 2.05) is 60.7 Å². The van der Waals surface area contributed by atoms with Crippen LogP contribution in [-0.2, 0) is 29.0 Å². The van der Waals surface area contributed by atoms with Crippen LogP contribution in [0.3, 0.4) is 0 Å². The number of aromatic nitrogens is 1. The molecule has 1 aromatic heterocycles. The molecule has 2 amide bonds. The van der Waals surface area contributed by atoms with Crippen LogP contribution in [0, 0.1) is 5.92 Å². The van der Waals surface area contributed by atoms with Gasteiger partial charge < -0.3 is 31.3 Å². The Morgan fingerprint density at radius 3 is 2.00 bits per heavy atom. The van der Waals surface area contributed by atoms with Crippen molar-refractivity contribution in [2.24, 2.45) is 11.7 Å². The molecule has 9 heteroatoms. The van der Waals surface area contributed by atoms with Crippen LogP contribution in [0.2, 0.25) is 0 Å². The van der Waals surface area contributed by atoms with E-state index in [4.69, 9.17) is 10.5 Å². The Bertz CT molecular complexity index is 1150. The fourth-order valence-electron chi connectivity index (χ4n) is 4.22. The molecular weight excluding hydrogens is 496 g/mol. The summed E-state index contributed by atoms with van der Waals surface area (Å²) in [6.45, 7) is 3.53. The summed E-state index contributed by atoms with van der Waals surface area (Å²) in [6, 6.07) is 21.4. The molecule has 0 radical (unpaired) electrons. The van der Waals surface area contributed by atoms with Crippen molar-refractivity contribution in [3.8, 4) is 0 Å². The van der Waals surface area contributed by atoms with Gasteiger partial charge in [0.15, 0.2) is 0 Å². The molecule has 0 aliphatic heterocycles. The number of carbonyl (C=O) groups excluding carboxylic acids is 2. The van der Waals surface area contributed by atoms with E-state index >= 15 is 0 Å². The number of aliphatic hydroxyl groups is 2. The van der Waals surface area contributed by atoms with Crippen molar-refractivity contribution in [2.45, 2.75) is 63.6 Å². The number of hydrogen-bond acceptors (Lipinski definition) is 7. The van der Waals surface area contributed by atoms with Crippen molar-refractivity contribution in [1.29, 1.82) is 0 Å². The van der Waals surface area contributed by atoms with Crippen LogP contribution in [0.15, 0.2) is 85.1 Å². The highest BCUT2D eigenvalue weighted by atomic mass is 16.5. The van der Waals surface area contributed by atoms with Crippen LogP contribution in [0.25, 0.3) is 0 Å². The van der Waals surface area contributed by atoms with Crippen molar-refractivity contribution < 1.29 is 24.5 Å². The van der Waals surface area contributed by atoms with Gasteiger partial charge in [0.05, 0.1) is 17.8 Å². The number of nitrogens with one attached hydrogen (secondary N) is 2. The minimum absolute atomic E-state index is 0.0417. The molecule has 6 N–H and O–H groups in total. The number of rotatable bonds is 13. The molecule has 0 bridgehead atoms. The summed E-state index contributed by atoms with van der Waals surface area (Å²) in [5.74, 6) is -0.796. The zero-order chi connectivity index (χ0) is 28.2. The molecule has 208 valence electrons.